The van der Waals surface area contributed by atoms with Crippen LogP contribution in [0, 0.1) is 5.82 Å². The molecule has 1 aromatic carbocycles. The first-order valence-electron chi connectivity index (χ1n) is 7.18. The van der Waals surface area contributed by atoms with Gasteiger partial charge in [-0.3, -0.25) is 4.98 Å². The summed E-state index contributed by atoms with van der Waals surface area (Å²) >= 11 is 0. The fraction of sp³-hybridized carbons (Fsp3) is 0.353. The quantitative estimate of drug-likeness (QED) is 0.888. The van der Waals surface area contributed by atoms with Gasteiger partial charge in [0, 0.05) is 31.0 Å². The van der Waals surface area contributed by atoms with E-state index in [1.165, 1.54) is 17.7 Å². The monoisotopic (exact) mass is 287 g/mol. The lowest BCUT2D eigenvalue weighted by atomic mass is 10.00. The van der Waals surface area contributed by atoms with Crippen LogP contribution in [0.4, 0.5) is 4.39 Å². The molecule has 0 saturated heterocycles. The van der Waals surface area contributed by atoms with Crippen LogP contribution < -0.4 is 5.73 Å². The highest BCUT2D eigenvalue weighted by Crippen LogP contribution is 2.18. The minimum absolute atomic E-state index is 0.131. The zero-order chi connectivity index (χ0) is 15.2. The Hall–Kier alpha value is -1.78. The van der Waals surface area contributed by atoms with Gasteiger partial charge in [-0.15, -0.1) is 0 Å². The smallest absolute Gasteiger partial charge is 0.123 e. The molecule has 112 valence electrons. The molecule has 2 aromatic rings. The predicted molar refractivity (Wildman–Crippen MR) is 83.4 cm³/mol. The summed E-state index contributed by atoms with van der Waals surface area (Å²) in [5.74, 6) is -0.232. The average Bonchev–Trinajstić information content (AvgIpc) is 2.53. The van der Waals surface area contributed by atoms with Crippen LogP contribution in [0.15, 0.2) is 48.8 Å². The van der Waals surface area contributed by atoms with E-state index in [1.54, 1.807) is 12.1 Å². The number of rotatable bonds is 6. The highest BCUT2D eigenvalue weighted by atomic mass is 19.1. The average molecular weight is 287 g/mol. The van der Waals surface area contributed by atoms with Gasteiger partial charge >= 0.3 is 0 Å². The molecule has 2 N–H and O–H groups in total. The maximum absolute atomic E-state index is 13.0. The maximum atomic E-state index is 13.0. The molecule has 4 heteroatoms. The first-order valence-corrected chi connectivity index (χ1v) is 7.18. The van der Waals surface area contributed by atoms with Crippen LogP contribution >= 0.6 is 0 Å². The molecule has 3 nitrogen and oxygen atoms in total. The fourth-order valence-corrected chi connectivity index (χ4v) is 2.30. The largest absolute Gasteiger partial charge is 0.323 e. The fourth-order valence-electron chi connectivity index (χ4n) is 2.30. The first kappa shape index (κ1) is 15.6. The van der Waals surface area contributed by atoms with E-state index in [2.05, 4.69) is 23.9 Å². The Morgan fingerprint density at radius 3 is 2.38 bits per heavy atom. The highest BCUT2D eigenvalue weighted by Gasteiger charge is 2.18. The molecule has 2 rings (SSSR count). The number of benzene rings is 1. The second kappa shape index (κ2) is 7.29. The Labute approximate surface area is 125 Å². The summed E-state index contributed by atoms with van der Waals surface area (Å²) in [6, 6.07) is 10.5. The molecule has 0 radical (unpaired) electrons. The van der Waals surface area contributed by atoms with Crippen molar-refractivity contribution in [1.29, 1.82) is 0 Å². The molecule has 0 amide bonds. The van der Waals surface area contributed by atoms with Gasteiger partial charge in [0.15, 0.2) is 0 Å². The summed E-state index contributed by atoms with van der Waals surface area (Å²) in [4.78, 5) is 6.25. The normalized spacial score (nSPS) is 14.1. The van der Waals surface area contributed by atoms with Crippen LogP contribution in [0.2, 0.25) is 0 Å². The molecule has 0 fully saturated rings. The molecule has 21 heavy (non-hydrogen) atoms. The first-order chi connectivity index (χ1) is 10.1. The number of halogens is 1. The summed E-state index contributed by atoms with van der Waals surface area (Å²) in [5.41, 5.74) is 8.51. The van der Waals surface area contributed by atoms with Crippen LogP contribution in [0.1, 0.15) is 24.1 Å². The van der Waals surface area contributed by atoms with Crippen molar-refractivity contribution in [1.82, 2.24) is 9.88 Å². The zero-order valence-electron chi connectivity index (χ0n) is 12.5. The lowest BCUT2D eigenvalue weighted by molar-refractivity contribution is 0.229. The van der Waals surface area contributed by atoms with E-state index in [0.717, 1.165) is 18.5 Å². The summed E-state index contributed by atoms with van der Waals surface area (Å²) in [7, 11) is 2.06. The number of hydrogen-bond acceptors (Lipinski definition) is 3. The summed E-state index contributed by atoms with van der Waals surface area (Å²) in [6.07, 6.45) is 4.57. The number of nitrogens with two attached hydrogens (primary N) is 1. The second-order valence-electron chi connectivity index (χ2n) is 5.40. The Morgan fingerprint density at radius 1 is 1.14 bits per heavy atom. The Kier molecular flexibility index (Phi) is 5.42. The Bertz CT molecular complexity index is 542. The number of likely N-dealkylation sites (N-methyl/N-ethyl adjacent to an activating group) is 1. The van der Waals surface area contributed by atoms with Crippen LogP contribution in [0.5, 0.6) is 0 Å². The van der Waals surface area contributed by atoms with Crippen LogP contribution in [-0.4, -0.2) is 29.5 Å². The minimum Gasteiger partial charge on any atom is -0.323 e. The lowest BCUT2D eigenvalue weighted by Gasteiger charge is -2.30. The third-order valence-electron chi connectivity index (χ3n) is 3.97. The molecule has 0 aliphatic rings. The number of hydrogen-bond donors (Lipinski definition) is 1. The van der Waals surface area contributed by atoms with Crippen molar-refractivity contribution in [2.24, 2.45) is 5.73 Å². The van der Waals surface area contributed by atoms with Gasteiger partial charge in [0.1, 0.15) is 5.82 Å². The molecule has 0 aliphatic carbocycles. The number of nitrogens with zero attached hydrogens (tertiary/aromatic N) is 2. The van der Waals surface area contributed by atoms with Gasteiger partial charge in [-0.1, -0.05) is 12.1 Å². The molecular formula is C17H22FN3. The molecule has 1 heterocycles. The summed E-state index contributed by atoms with van der Waals surface area (Å²) in [5, 5.41) is 0. The van der Waals surface area contributed by atoms with Gasteiger partial charge in [0.25, 0.3) is 0 Å². The molecule has 0 spiro atoms. The summed E-state index contributed by atoms with van der Waals surface area (Å²) in [6.45, 7) is 3.01. The molecule has 2 unspecified atom stereocenters. The number of pyridine rings is 1. The maximum Gasteiger partial charge on any atom is 0.123 e. The lowest BCUT2D eigenvalue weighted by Crippen LogP contribution is -2.39. The van der Waals surface area contributed by atoms with Crippen molar-refractivity contribution in [2.75, 3.05) is 13.6 Å². The third kappa shape index (κ3) is 4.34. The standard InChI is InChI=1S/C17H22FN3/c1-13(17(19)15-3-5-16(18)6-4-15)21(2)12-9-14-7-10-20-11-8-14/h3-8,10-11,13,17H,9,12,19H2,1-2H3. The van der Waals surface area contributed by atoms with E-state index < -0.39 is 0 Å². The van der Waals surface area contributed by atoms with Gasteiger partial charge in [0.05, 0.1) is 0 Å². The molecule has 0 saturated carbocycles. The molecule has 0 aliphatic heterocycles. The van der Waals surface area contributed by atoms with Gasteiger partial charge in [-0.05, 0) is 55.8 Å². The van der Waals surface area contributed by atoms with E-state index in [-0.39, 0.29) is 17.9 Å². The number of aromatic nitrogens is 1. The van der Waals surface area contributed by atoms with Crippen LogP contribution in [-0.2, 0) is 6.42 Å². The van der Waals surface area contributed by atoms with Gasteiger partial charge in [-0.2, -0.15) is 0 Å². The van der Waals surface area contributed by atoms with Crippen molar-refractivity contribution in [3.8, 4) is 0 Å². The van der Waals surface area contributed by atoms with Crippen molar-refractivity contribution in [2.45, 2.75) is 25.4 Å². The summed E-state index contributed by atoms with van der Waals surface area (Å²) < 4.78 is 13.0. The predicted octanol–water partition coefficient (Wildman–Crippen LogP) is 2.78. The second-order valence-corrected chi connectivity index (χ2v) is 5.40. The van der Waals surface area contributed by atoms with Crippen LogP contribution in [0.25, 0.3) is 0 Å². The van der Waals surface area contributed by atoms with Crippen LogP contribution in [0.3, 0.4) is 0 Å². The SMILES string of the molecule is CC(C(N)c1ccc(F)cc1)N(C)CCc1ccncc1. The Balaban J connectivity index is 1.92. The molecule has 0 bridgehead atoms. The van der Waals surface area contributed by atoms with E-state index in [4.69, 9.17) is 5.73 Å². The zero-order valence-corrected chi connectivity index (χ0v) is 12.5. The molecule has 1 aromatic heterocycles. The Morgan fingerprint density at radius 2 is 1.76 bits per heavy atom. The van der Waals surface area contributed by atoms with Crippen molar-refractivity contribution in [3.05, 3.63) is 65.7 Å². The van der Waals surface area contributed by atoms with Crippen molar-refractivity contribution >= 4 is 0 Å². The molecular weight excluding hydrogens is 265 g/mol. The van der Waals surface area contributed by atoms with E-state index >= 15 is 0 Å². The topological polar surface area (TPSA) is 42.1 Å². The van der Waals surface area contributed by atoms with Gasteiger partial charge in [0.2, 0.25) is 0 Å². The van der Waals surface area contributed by atoms with Gasteiger partial charge in [-0.25, -0.2) is 4.39 Å². The third-order valence-corrected chi connectivity index (χ3v) is 3.97. The van der Waals surface area contributed by atoms with E-state index in [1.807, 2.05) is 24.5 Å². The van der Waals surface area contributed by atoms with Crippen molar-refractivity contribution < 1.29 is 4.39 Å². The van der Waals surface area contributed by atoms with Gasteiger partial charge < -0.3 is 10.6 Å². The minimum atomic E-state index is -0.232. The molecule has 2 atom stereocenters. The van der Waals surface area contributed by atoms with Crippen molar-refractivity contribution in [3.63, 3.8) is 0 Å². The highest BCUT2D eigenvalue weighted by molar-refractivity contribution is 5.21. The van der Waals surface area contributed by atoms with E-state index in [9.17, 15) is 4.39 Å². The van der Waals surface area contributed by atoms with E-state index in [0.29, 0.717) is 0 Å².